The first kappa shape index (κ1) is 19.9. The second kappa shape index (κ2) is 8.89. The zero-order valence-electron chi connectivity index (χ0n) is 16.5. The Labute approximate surface area is 165 Å². The molecule has 0 aromatic heterocycles. The fourth-order valence-corrected chi connectivity index (χ4v) is 3.81. The minimum Gasteiger partial charge on any atom is -0.497 e. The average molecular weight is 382 g/mol. The highest BCUT2D eigenvalue weighted by molar-refractivity contribution is 6.04. The first-order chi connectivity index (χ1) is 13.6. The Morgan fingerprint density at radius 1 is 1.14 bits per heavy atom. The van der Waals surface area contributed by atoms with E-state index in [0.29, 0.717) is 36.6 Å². The third kappa shape index (κ3) is 3.87. The second-order valence-electron chi connectivity index (χ2n) is 6.75. The van der Waals surface area contributed by atoms with Gasteiger partial charge in [-0.05, 0) is 30.2 Å². The lowest BCUT2D eigenvalue weighted by Crippen LogP contribution is -2.52. The van der Waals surface area contributed by atoms with Crippen LogP contribution in [0.15, 0.2) is 48.5 Å². The van der Waals surface area contributed by atoms with Crippen molar-refractivity contribution < 1.29 is 19.1 Å². The van der Waals surface area contributed by atoms with E-state index in [0.717, 1.165) is 5.56 Å². The van der Waals surface area contributed by atoms with Gasteiger partial charge in [0.05, 0.1) is 19.6 Å². The van der Waals surface area contributed by atoms with Crippen LogP contribution in [0.25, 0.3) is 0 Å². The molecule has 2 amide bonds. The molecular formula is C22H26N2O4. The van der Waals surface area contributed by atoms with Crippen molar-refractivity contribution in [2.45, 2.75) is 25.3 Å². The molecule has 0 spiro atoms. The molecule has 28 heavy (non-hydrogen) atoms. The van der Waals surface area contributed by atoms with E-state index in [1.54, 1.807) is 31.3 Å². The molecule has 3 rings (SSSR count). The van der Waals surface area contributed by atoms with Crippen LogP contribution in [0, 0.1) is 0 Å². The third-order valence-electron chi connectivity index (χ3n) is 5.15. The molecule has 0 aliphatic carbocycles. The van der Waals surface area contributed by atoms with Crippen molar-refractivity contribution in [1.29, 1.82) is 0 Å². The second-order valence-corrected chi connectivity index (χ2v) is 6.75. The first-order valence-electron chi connectivity index (χ1n) is 9.44. The summed E-state index contributed by atoms with van der Waals surface area (Å²) >= 11 is 0. The summed E-state index contributed by atoms with van der Waals surface area (Å²) in [6.45, 7) is 2.87. The van der Waals surface area contributed by atoms with Crippen LogP contribution < -0.4 is 10.1 Å². The molecule has 148 valence electrons. The summed E-state index contributed by atoms with van der Waals surface area (Å²) in [5.41, 5.74) is 2.01. The largest absolute Gasteiger partial charge is 0.497 e. The van der Waals surface area contributed by atoms with Gasteiger partial charge in [0.25, 0.3) is 5.91 Å². The van der Waals surface area contributed by atoms with Gasteiger partial charge in [-0.1, -0.05) is 31.2 Å². The van der Waals surface area contributed by atoms with E-state index in [4.69, 9.17) is 9.47 Å². The van der Waals surface area contributed by atoms with Gasteiger partial charge in [-0.25, -0.2) is 0 Å². The van der Waals surface area contributed by atoms with Crippen molar-refractivity contribution in [3.8, 4) is 5.75 Å². The quantitative estimate of drug-likeness (QED) is 0.798. The topological polar surface area (TPSA) is 67.9 Å². The molecule has 0 fully saturated rings. The van der Waals surface area contributed by atoms with Gasteiger partial charge in [0.2, 0.25) is 5.91 Å². The van der Waals surface area contributed by atoms with Crippen LogP contribution in [0.2, 0.25) is 0 Å². The maximum atomic E-state index is 13.3. The van der Waals surface area contributed by atoms with Crippen LogP contribution >= 0.6 is 0 Å². The van der Waals surface area contributed by atoms with Gasteiger partial charge < -0.3 is 19.7 Å². The molecule has 1 aliphatic heterocycles. The minimum atomic E-state index is -0.457. The SMILES string of the molecule is CCC1C(C(=O)Nc2cccc(OC)c2)c2ccccc2C(=O)N1CCOC. The van der Waals surface area contributed by atoms with E-state index in [1.807, 2.05) is 43.3 Å². The Balaban J connectivity index is 1.96. The summed E-state index contributed by atoms with van der Waals surface area (Å²) in [6, 6.07) is 14.4. The summed E-state index contributed by atoms with van der Waals surface area (Å²) < 4.78 is 10.4. The maximum absolute atomic E-state index is 13.3. The number of benzene rings is 2. The van der Waals surface area contributed by atoms with Crippen molar-refractivity contribution in [3.05, 3.63) is 59.7 Å². The normalized spacial score (nSPS) is 18.5. The van der Waals surface area contributed by atoms with E-state index >= 15 is 0 Å². The molecule has 1 N–H and O–H groups in total. The standard InChI is InChI=1S/C22H26N2O4/c1-4-19-20(21(25)23-15-8-7-9-16(14-15)28-3)17-10-5-6-11-18(17)22(26)24(19)12-13-27-2/h5-11,14,19-20H,4,12-13H2,1-3H3,(H,23,25). The Kier molecular flexibility index (Phi) is 6.31. The number of rotatable bonds is 7. The lowest BCUT2D eigenvalue weighted by Gasteiger charge is -2.41. The highest BCUT2D eigenvalue weighted by Crippen LogP contribution is 2.36. The average Bonchev–Trinajstić information content (AvgIpc) is 2.72. The van der Waals surface area contributed by atoms with Gasteiger partial charge in [-0.3, -0.25) is 9.59 Å². The molecule has 0 radical (unpaired) electrons. The van der Waals surface area contributed by atoms with E-state index in [2.05, 4.69) is 5.32 Å². The zero-order valence-corrected chi connectivity index (χ0v) is 16.5. The van der Waals surface area contributed by atoms with Crippen LogP contribution in [-0.2, 0) is 9.53 Å². The Hall–Kier alpha value is -2.86. The highest BCUT2D eigenvalue weighted by Gasteiger charge is 2.42. The van der Waals surface area contributed by atoms with E-state index < -0.39 is 5.92 Å². The number of nitrogens with zero attached hydrogens (tertiary/aromatic N) is 1. The monoisotopic (exact) mass is 382 g/mol. The minimum absolute atomic E-state index is 0.0510. The lowest BCUT2D eigenvalue weighted by molar-refractivity contribution is -0.119. The Morgan fingerprint density at radius 2 is 1.93 bits per heavy atom. The number of ether oxygens (including phenoxy) is 2. The molecule has 0 saturated heterocycles. The molecule has 2 atom stereocenters. The van der Waals surface area contributed by atoms with Crippen molar-refractivity contribution in [2.75, 3.05) is 32.7 Å². The van der Waals surface area contributed by atoms with Crippen molar-refractivity contribution in [2.24, 2.45) is 0 Å². The zero-order chi connectivity index (χ0) is 20.1. The number of fused-ring (bicyclic) bond motifs is 1. The van der Waals surface area contributed by atoms with Crippen molar-refractivity contribution in [1.82, 2.24) is 4.90 Å². The van der Waals surface area contributed by atoms with Crippen LogP contribution in [0.5, 0.6) is 5.75 Å². The summed E-state index contributed by atoms with van der Waals surface area (Å²) in [6.07, 6.45) is 0.667. The number of hydrogen-bond acceptors (Lipinski definition) is 4. The summed E-state index contributed by atoms with van der Waals surface area (Å²) in [5.74, 6) is 0.0279. The molecule has 6 nitrogen and oxygen atoms in total. The summed E-state index contributed by atoms with van der Waals surface area (Å²) in [5, 5.41) is 2.99. The van der Waals surface area contributed by atoms with E-state index in [-0.39, 0.29) is 17.9 Å². The predicted octanol–water partition coefficient (Wildman–Crippen LogP) is 3.30. The number of methoxy groups -OCH3 is 2. The predicted molar refractivity (Wildman–Crippen MR) is 108 cm³/mol. The Bertz CT molecular complexity index is 852. The van der Waals surface area contributed by atoms with Gasteiger partial charge in [0.1, 0.15) is 5.75 Å². The molecule has 1 heterocycles. The van der Waals surface area contributed by atoms with Crippen LogP contribution in [-0.4, -0.2) is 50.1 Å². The van der Waals surface area contributed by atoms with Gasteiger partial charge in [-0.2, -0.15) is 0 Å². The third-order valence-corrected chi connectivity index (χ3v) is 5.15. The number of carbonyl (C=O) groups excluding carboxylic acids is 2. The van der Waals surface area contributed by atoms with Crippen LogP contribution in [0.3, 0.4) is 0 Å². The highest BCUT2D eigenvalue weighted by atomic mass is 16.5. The molecule has 2 unspecified atom stereocenters. The maximum Gasteiger partial charge on any atom is 0.254 e. The van der Waals surface area contributed by atoms with E-state index in [9.17, 15) is 9.59 Å². The molecule has 2 aromatic carbocycles. The van der Waals surface area contributed by atoms with E-state index in [1.165, 1.54) is 0 Å². The number of amides is 2. The molecule has 1 aliphatic rings. The van der Waals surface area contributed by atoms with Gasteiger partial charge in [0.15, 0.2) is 0 Å². The molecule has 0 saturated carbocycles. The van der Waals surface area contributed by atoms with Crippen LogP contribution in [0.4, 0.5) is 5.69 Å². The van der Waals surface area contributed by atoms with Crippen molar-refractivity contribution in [3.63, 3.8) is 0 Å². The molecule has 2 aromatic rings. The van der Waals surface area contributed by atoms with Gasteiger partial charge >= 0.3 is 0 Å². The van der Waals surface area contributed by atoms with Gasteiger partial charge in [-0.15, -0.1) is 0 Å². The fraction of sp³-hybridized carbons (Fsp3) is 0.364. The smallest absolute Gasteiger partial charge is 0.254 e. The van der Waals surface area contributed by atoms with Crippen molar-refractivity contribution >= 4 is 17.5 Å². The molecular weight excluding hydrogens is 356 g/mol. The van der Waals surface area contributed by atoms with Crippen LogP contribution in [0.1, 0.15) is 35.2 Å². The summed E-state index contributed by atoms with van der Waals surface area (Å²) in [7, 11) is 3.20. The number of carbonyl (C=O) groups is 2. The lowest BCUT2D eigenvalue weighted by atomic mass is 9.81. The number of anilines is 1. The van der Waals surface area contributed by atoms with Gasteiger partial charge in [0, 0.05) is 37.0 Å². The molecule has 0 bridgehead atoms. The summed E-state index contributed by atoms with van der Waals surface area (Å²) in [4.78, 5) is 28.1. The number of hydrogen-bond donors (Lipinski definition) is 1. The molecule has 6 heteroatoms. The number of nitrogens with one attached hydrogen (secondary N) is 1. The first-order valence-corrected chi connectivity index (χ1v) is 9.44. The Morgan fingerprint density at radius 3 is 2.64 bits per heavy atom. The fourth-order valence-electron chi connectivity index (χ4n) is 3.81.